The molecule has 0 heterocycles. The van der Waals surface area contributed by atoms with E-state index in [0.717, 1.165) is 5.56 Å². The second-order valence-corrected chi connectivity index (χ2v) is 4.72. The molecule has 0 aliphatic carbocycles. The fourth-order valence-electron chi connectivity index (χ4n) is 1.85. The zero-order valence-corrected chi connectivity index (χ0v) is 12.9. The highest BCUT2D eigenvalue weighted by Crippen LogP contribution is 2.22. The lowest BCUT2D eigenvalue weighted by atomic mass is 10.2. The maximum Gasteiger partial charge on any atom is 0.275 e. The molecular formula is C16H15ClN2O3. The van der Waals surface area contributed by atoms with Crippen molar-refractivity contribution in [3.8, 4) is 11.5 Å². The number of methoxy groups -OCH3 is 2. The van der Waals surface area contributed by atoms with E-state index in [1.54, 1.807) is 19.2 Å². The molecule has 2 aromatic carbocycles. The molecule has 0 radical (unpaired) electrons. The van der Waals surface area contributed by atoms with Gasteiger partial charge < -0.3 is 9.47 Å². The molecule has 1 N–H and O–H groups in total. The summed E-state index contributed by atoms with van der Waals surface area (Å²) in [4.78, 5) is 12.1. The summed E-state index contributed by atoms with van der Waals surface area (Å²) in [6.45, 7) is 0. The predicted molar refractivity (Wildman–Crippen MR) is 86.1 cm³/mol. The van der Waals surface area contributed by atoms with Gasteiger partial charge >= 0.3 is 0 Å². The van der Waals surface area contributed by atoms with Crippen LogP contribution in [0.1, 0.15) is 15.9 Å². The quantitative estimate of drug-likeness (QED) is 0.680. The first-order valence-electron chi connectivity index (χ1n) is 6.45. The molecule has 0 atom stereocenters. The van der Waals surface area contributed by atoms with Gasteiger partial charge in [-0.25, -0.2) is 5.43 Å². The second-order valence-electron chi connectivity index (χ2n) is 4.29. The lowest BCUT2D eigenvalue weighted by Gasteiger charge is -2.07. The monoisotopic (exact) mass is 318 g/mol. The SMILES string of the molecule is COc1ccccc1/C=N\NC(=O)c1cc(Cl)ccc1OC. The van der Waals surface area contributed by atoms with Crippen molar-refractivity contribution in [3.05, 3.63) is 58.6 Å². The van der Waals surface area contributed by atoms with E-state index in [1.165, 1.54) is 19.4 Å². The van der Waals surface area contributed by atoms with Gasteiger partial charge in [0.15, 0.2) is 0 Å². The Morgan fingerprint density at radius 3 is 2.59 bits per heavy atom. The molecule has 0 fully saturated rings. The fourth-order valence-corrected chi connectivity index (χ4v) is 2.02. The van der Waals surface area contributed by atoms with E-state index in [2.05, 4.69) is 10.5 Å². The highest BCUT2D eigenvalue weighted by atomic mass is 35.5. The van der Waals surface area contributed by atoms with E-state index in [4.69, 9.17) is 21.1 Å². The Labute approximate surface area is 133 Å². The topological polar surface area (TPSA) is 59.9 Å². The third kappa shape index (κ3) is 3.77. The van der Waals surface area contributed by atoms with Crippen LogP contribution in [0, 0.1) is 0 Å². The van der Waals surface area contributed by atoms with Crippen molar-refractivity contribution in [1.29, 1.82) is 0 Å². The zero-order valence-electron chi connectivity index (χ0n) is 12.2. The Morgan fingerprint density at radius 2 is 1.86 bits per heavy atom. The minimum atomic E-state index is -0.412. The minimum Gasteiger partial charge on any atom is -0.496 e. The van der Waals surface area contributed by atoms with Crippen LogP contribution in [0.15, 0.2) is 47.6 Å². The number of amides is 1. The number of hydrazone groups is 1. The minimum absolute atomic E-state index is 0.312. The molecule has 5 nitrogen and oxygen atoms in total. The summed E-state index contributed by atoms with van der Waals surface area (Å²) < 4.78 is 10.3. The van der Waals surface area contributed by atoms with Crippen LogP contribution in [0.25, 0.3) is 0 Å². The van der Waals surface area contributed by atoms with Gasteiger partial charge in [0, 0.05) is 10.6 Å². The van der Waals surface area contributed by atoms with Crippen molar-refractivity contribution in [2.75, 3.05) is 14.2 Å². The molecule has 0 spiro atoms. The molecule has 0 saturated heterocycles. The molecule has 22 heavy (non-hydrogen) atoms. The van der Waals surface area contributed by atoms with Crippen LogP contribution < -0.4 is 14.9 Å². The van der Waals surface area contributed by atoms with Crippen LogP contribution in [0.2, 0.25) is 5.02 Å². The highest BCUT2D eigenvalue weighted by molar-refractivity contribution is 6.31. The number of rotatable bonds is 5. The van der Waals surface area contributed by atoms with Gasteiger partial charge in [-0.05, 0) is 30.3 Å². The van der Waals surface area contributed by atoms with E-state index in [0.29, 0.717) is 22.1 Å². The van der Waals surface area contributed by atoms with Gasteiger partial charge in [-0.1, -0.05) is 23.7 Å². The number of hydrogen-bond acceptors (Lipinski definition) is 4. The normalized spacial score (nSPS) is 10.5. The number of benzene rings is 2. The molecular weight excluding hydrogens is 304 g/mol. The van der Waals surface area contributed by atoms with Crippen LogP contribution in [-0.4, -0.2) is 26.3 Å². The Hall–Kier alpha value is -2.53. The van der Waals surface area contributed by atoms with Crippen molar-refractivity contribution >= 4 is 23.7 Å². The average Bonchev–Trinajstić information content (AvgIpc) is 2.55. The number of halogens is 1. The number of carbonyl (C=O) groups excluding carboxylic acids is 1. The van der Waals surface area contributed by atoms with Crippen molar-refractivity contribution < 1.29 is 14.3 Å². The molecule has 0 unspecified atom stereocenters. The van der Waals surface area contributed by atoms with E-state index >= 15 is 0 Å². The second kappa shape index (κ2) is 7.47. The van der Waals surface area contributed by atoms with E-state index < -0.39 is 5.91 Å². The van der Waals surface area contributed by atoms with Gasteiger partial charge in [0.05, 0.1) is 26.0 Å². The van der Waals surface area contributed by atoms with Crippen LogP contribution >= 0.6 is 11.6 Å². The maximum atomic E-state index is 12.1. The summed E-state index contributed by atoms with van der Waals surface area (Å²) in [5.74, 6) is 0.681. The Morgan fingerprint density at radius 1 is 1.14 bits per heavy atom. The van der Waals surface area contributed by atoms with Crippen LogP contribution in [0.4, 0.5) is 0 Å². The molecule has 2 aromatic rings. The van der Waals surface area contributed by atoms with Gasteiger partial charge in [-0.15, -0.1) is 0 Å². The summed E-state index contributed by atoms with van der Waals surface area (Å²) in [7, 11) is 3.06. The number of hydrogen-bond donors (Lipinski definition) is 1. The first kappa shape index (κ1) is 15.9. The molecule has 0 bridgehead atoms. The Balaban J connectivity index is 2.13. The largest absolute Gasteiger partial charge is 0.496 e. The van der Waals surface area contributed by atoms with Crippen molar-refractivity contribution in [2.45, 2.75) is 0 Å². The standard InChI is InChI=1S/C16H15ClN2O3/c1-21-14-6-4-3-5-11(14)10-18-19-16(20)13-9-12(17)7-8-15(13)22-2/h3-10H,1-2H3,(H,19,20)/b18-10-. The van der Waals surface area contributed by atoms with Gasteiger partial charge in [-0.2, -0.15) is 5.10 Å². The molecule has 0 aromatic heterocycles. The molecule has 0 aliphatic rings. The first-order valence-corrected chi connectivity index (χ1v) is 6.83. The number of carbonyl (C=O) groups is 1. The number of nitrogens with one attached hydrogen (secondary N) is 1. The van der Waals surface area contributed by atoms with Gasteiger partial charge in [-0.3, -0.25) is 4.79 Å². The molecule has 2 rings (SSSR count). The average molecular weight is 319 g/mol. The lowest BCUT2D eigenvalue weighted by Crippen LogP contribution is -2.18. The maximum absolute atomic E-state index is 12.1. The van der Waals surface area contributed by atoms with Gasteiger partial charge in [0.2, 0.25) is 0 Å². The van der Waals surface area contributed by atoms with E-state index in [1.807, 2.05) is 24.3 Å². The third-order valence-corrected chi connectivity index (χ3v) is 3.15. The fraction of sp³-hybridized carbons (Fsp3) is 0.125. The number of nitrogens with zero attached hydrogens (tertiary/aromatic N) is 1. The first-order chi connectivity index (χ1) is 10.7. The summed E-state index contributed by atoms with van der Waals surface area (Å²) in [6.07, 6.45) is 1.51. The molecule has 114 valence electrons. The predicted octanol–water partition coefficient (Wildman–Crippen LogP) is 3.12. The summed E-state index contributed by atoms with van der Waals surface area (Å²) in [5.41, 5.74) is 3.50. The van der Waals surface area contributed by atoms with Crippen LogP contribution in [-0.2, 0) is 0 Å². The Bertz CT molecular complexity index is 702. The zero-order chi connectivity index (χ0) is 15.9. The van der Waals surface area contributed by atoms with Crippen molar-refractivity contribution in [1.82, 2.24) is 5.43 Å². The number of ether oxygens (including phenoxy) is 2. The summed E-state index contributed by atoms with van der Waals surface area (Å²) >= 11 is 5.90. The molecule has 6 heteroatoms. The molecule has 1 amide bonds. The summed E-state index contributed by atoms with van der Waals surface area (Å²) in [5, 5.41) is 4.37. The highest BCUT2D eigenvalue weighted by Gasteiger charge is 2.12. The van der Waals surface area contributed by atoms with Gasteiger partial charge in [0.25, 0.3) is 5.91 Å². The van der Waals surface area contributed by atoms with Gasteiger partial charge in [0.1, 0.15) is 11.5 Å². The van der Waals surface area contributed by atoms with E-state index in [-0.39, 0.29) is 0 Å². The number of para-hydroxylation sites is 1. The van der Waals surface area contributed by atoms with Crippen molar-refractivity contribution in [2.24, 2.45) is 5.10 Å². The van der Waals surface area contributed by atoms with Crippen molar-refractivity contribution in [3.63, 3.8) is 0 Å². The molecule has 0 aliphatic heterocycles. The summed E-state index contributed by atoms with van der Waals surface area (Å²) in [6, 6.07) is 12.1. The van der Waals surface area contributed by atoms with Crippen LogP contribution in [0.3, 0.4) is 0 Å². The Kier molecular flexibility index (Phi) is 5.38. The molecule has 0 saturated carbocycles. The van der Waals surface area contributed by atoms with Crippen LogP contribution in [0.5, 0.6) is 11.5 Å². The third-order valence-electron chi connectivity index (χ3n) is 2.91. The lowest BCUT2D eigenvalue weighted by molar-refractivity contribution is 0.0952. The van der Waals surface area contributed by atoms with E-state index in [9.17, 15) is 4.79 Å². The smallest absolute Gasteiger partial charge is 0.275 e.